The van der Waals surface area contributed by atoms with E-state index in [2.05, 4.69) is 25.0 Å². The molecule has 0 unspecified atom stereocenters. The minimum atomic E-state index is -2.37. The van der Waals surface area contributed by atoms with Gasteiger partial charge in [0.2, 0.25) is 12.7 Å². The van der Waals surface area contributed by atoms with E-state index in [1.807, 2.05) is 0 Å². The number of halogens is 4. The van der Waals surface area contributed by atoms with Gasteiger partial charge in [-0.15, -0.1) is 4.90 Å². The minimum absolute atomic E-state index is 0.0556. The van der Waals surface area contributed by atoms with Gasteiger partial charge in [-0.05, 0) is 73.6 Å². The third-order valence-electron chi connectivity index (χ3n) is 6.02. The Morgan fingerprint density at radius 3 is 2.16 bits per heavy atom. The van der Waals surface area contributed by atoms with Crippen molar-refractivity contribution in [1.29, 1.82) is 0 Å². The average Bonchev–Trinajstić information content (AvgIpc) is 2.90. The number of rotatable bonds is 6. The van der Waals surface area contributed by atoms with E-state index >= 15 is 8.78 Å². The number of alkyl halides is 3. The molecule has 16 heteroatoms. The molecule has 3 rings (SSSR count). The number of ether oxygens (including phenoxy) is 4. The molecule has 246 valence electrons. The van der Waals surface area contributed by atoms with Crippen LogP contribution in [0.1, 0.15) is 71.4 Å². The van der Waals surface area contributed by atoms with Gasteiger partial charge in [-0.3, -0.25) is 4.79 Å². The van der Waals surface area contributed by atoms with Gasteiger partial charge in [0.15, 0.2) is 12.3 Å². The molecule has 0 fully saturated rings. The second-order valence-corrected chi connectivity index (χ2v) is 12.1. The van der Waals surface area contributed by atoms with Crippen LogP contribution in [0.15, 0.2) is 35.6 Å². The van der Waals surface area contributed by atoms with Crippen LogP contribution in [0, 0.1) is 5.82 Å². The fourth-order valence-electron chi connectivity index (χ4n) is 4.02. The number of imide groups is 1. The first-order chi connectivity index (χ1) is 20.8. The molecule has 4 atom stereocenters. The number of anilines is 1. The molecule has 1 aliphatic heterocycles. The molecule has 1 aromatic heterocycles. The molecule has 45 heavy (non-hydrogen) atoms. The van der Waals surface area contributed by atoms with Crippen LogP contribution in [0.3, 0.4) is 0 Å². The second kappa shape index (κ2) is 13.2. The predicted octanol–water partition coefficient (Wildman–Crippen LogP) is 6.01. The molecule has 3 amide bonds. The first-order valence-electron chi connectivity index (χ1n) is 13.7. The van der Waals surface area contributed by atoms with Crippen molar-refractivity contribution >= 4 is 29.8 Å². The molecule has 0 saturated heterocycles. The summed E-state index contributed by atoms with van der Waals surface area (Å²) in [5.74, 6) is -2.00. The smallest absolute Gasteiger partial charge is 0.428 e. The van der Waals surface area contributed by atoms with Gasteiger partial charge in [0.1, 0.15) is 34.4 Å². The first-order valence-corrected chi connectivity index (χ1v) is 13.7. The van der Waals surface area contributed by atoms with Crippen molar-refractivity contribution < 1.29 is 50.9 Å². The van der Waals surface area contributed by atoms with Crippen molar-refractivity contribution in [2.75, 3.05) is 12.2 Å². The summed E-state index contributed by atoms with van der Waals surface area (Å²) < 4.78 is 79.3. The number of amides is 3. The van der Waals surface area contributed by atoms with Crippen molar-refractivity contribution in [2.24, 2.45) is 4.99 Å². The summed E-state index contributed by atoms with van der Waals surface area (Å²) in [6.45, 7) is 10.0. The summed E-state index contributed by atoms with van der Waals surface area (Å²) >= 11 is 0. The molecule has 0 bridgehead atoms. The van der Waals surface area contributed by atoms with E-state index in [0.717, 1.165) is 44.4 Å². The number of hydrogen-bond donors (Lipinski definition) is 1. The predicted molar refractivity (Wildman–Crippen MR) is 152 cm³/mol. The third-order valence-corrected chi connectivity index (χ3v) is 6.02. The molecule has 1 N–H and O–H groups in total. The van der Waals surface area contributed by atoms with Crippen LogP contribution in [-0.4, -0.2) is 75.5 Å². The highest BCUT2D eigenvalue weighted by Crippen LogP contribution is 2.41. The lowest BCUT2D eigenvalue weighted by Gasteiger charge is -2.41. The molecular weight excluding hydrogens is 606 g/mol. The number of amidine groups is 1. The summed E-state index contributed by atoms with van der Waals surface area (Å²) in [6, 6.07) is 2.22. The van der Waals surface area contributed by atoms with Crippen LogP contribution in [0.5, 0.6) is 5.88 Å². The lowest BCUT2D eigenvalue weighted by molar-refractivity contribution is -0.0400. The zero-order valence-electron chi connectivity index (χ0n) is 26.0. The molecule has 2 heterocycles. The van der Waals surface area contributed by atoms with Crippen molar-refractivity contribution in [2.45, 2.75) is 90.6 Å². The van der Waals surface area contributed by atoms with Crippen LogP contribution in [0.2, 0.25) is 0 Å². The van der Waals surface area contributed by atoms with Gasteiger partial charge in [-0.25, -0.2) is 42.1 Å². The molecule has 0 aliphatic carbocycles. The monoisotopic (exact) mass is 641 g/mol. The average molecular weight is 642 g/mol. The minimum Gasteiger partial charge on any atom is -0.455 e. The highest BCUT2D eigenvalue weighted by Gasteiger charge is 2.53. The van der Waals surface area contributed by atoms with Gasteiger partial charge in [0.05, 0.1) is 12.4 Å². The highest BCUT2D eigenvalue weighted by atomic mass is 19.2. The number of aliphatic imine (C=N–C) groups is 1. The highest BCUT2D eigenvalue weighted by molar-refractivity contribution is 6.06. The van der Waals surface area contributed by atoms with Crippen molar-refractivity contribution in [1.82, 2.24) is 14.9 Å². The van der Waals surface area contributed by atoms with Crippen LogP contribution in [-0.2, 0) is 19.7 Å². The number of aromatic nitrogens is 2. The van der Waals surface area contributed by atoms with Crippen LogP contribution >= 0.6 is 0 Å². The molecule has 12 nitrogen and oxygen atoms in total. The van der Waals surface area contributed by atoms with Crippen LogP contribution in [0.4, 0.5) is 32.8 Å². The number of benzene rings is 1. The van der Waals surface area contributed by atoms with Gasteiger partial charge < -0.3 is 24.3 Å². The molecular formula is C29H35F4N5O7. The lowest BCUT2D eigenvalue weighted by atomic mass is 9.82. The van der Waals surface area contributed by atoms with Gasteiger partial charge in [-0.2, -0.15) is 0 Å². The SMILES string of the molecule is C[C@@H](F)[C@H]1OC(N(C(=O)OC(C)(C)C)C(=O)OC(C)(C)C)=N[C@](C)(c2cc(NC(=O)c3cnc(OCF)cn3)ccc2F)[C@H]1F. The quantitative estimate of drug-likeness (QED) is 0.375. The van der Waals surface area contributed by atoms with Crippen molar-refractivity contribution in [3.8, 4) is 5.88 Å². The number of nitrogens with zero attached hydrogens (tertiary/aromatic N) is 4. The fraction of sp³-hybridized carbons (Fsp3) is 0.517. The molecule has 2 aromatic rings. The number of hydrogen-bond acceptors (Lipinski definition) is 10. The molecule has 0 radical (unpaired) electrons. The fourth-order valence-corrected chi connectivity index (χ4v) is 4.02. The Bertz CT molecular complexity index is 1420. The Morgan fingerprint density at radius 1 is 1.07 bits per heavy atom. The summed E-state index contributed by atoms with van der Waals surface area (Å²) in [7, 11) is 0. The van der Waals surface area contributed by atoms with E-state index in [1.54, 1.807) is 0 Å². The second-order valence-electron chi connectivity index (χ2n) is 12.1. The largest absolute Gasteiger partial charge is 0.455 e. The number of carbonyl (C=O) groups is 3. The van der Waals surface area contributed by atoms with Gasteiger partial charge in [-0.1, -0.05) is 0 Å². The summed E-state index contributed by atoms with van der Waals surface area (Å²) in [6.07, 6.45) is -7.03. The van der Waals surface area contributed by atoms with E-state index in [9.17, 15) is 23.2 Å². The Morgan fingerprint density at radius 2 is 1.67 bits per heavy atom. The lowest BCUT2D eigenvalue weighted by Crippen LogP contribution is -2.57. The number of nitrogens with one attached hydrogen (secondary N) is 1. The maximum absolute atomic E-state index is 16.1. The Balaban J connectivity index is 2.11. The van der Waals surface area contributed by atoms with Crippen LogP contribution < -0.4 is 10.1 Å². The standard InChI is InChI=1S/C29H35F4N5O7/c1-15(31)21-22(33)29(8,37-24(43-21)38(25(40)44-27(2,3)4)26(41)45-28(5,6)7)17-11-16(9-10-18(17)32)36-23(39)19-12-35-20(13-34-19)42-14-30/h9-13,15,21-22H,14H2,1-8H3,(H,36,39)/t15-,21-,22+,29-/m1/s1. The van der Waals surface area contributed by atoms with E-state index in [-0.39, 0.29) is 22.2 Å². The maximum Gasteiger partial charge on any atom is 0.428 e. The normalized spacial score (nSPS) is 20.7. The van der Waals surface area contributed by atoms with E-state index < -0.39 is 77.5 Å². The summed E-state index contributed by atoms with van der Waals surface area (Å²) in [5, 5.41) is 2.45. The first kappa shape index (κ1) is 35.0. The number of carbonyl (C=O) groups excluding carboxylic acids is 3. The molecule has 1 aliphatic rings. The van der Waals surface area contributed by atoms with Crippen molar-refractivity contribution in [3.63, 3.8) is 0 Å². The van der Waals surface area contributed by atoms with Gasteiger partial charge in [0, 0.05) is 11.3 Å². The molecule has 0 spiro atoms. The Kier molecular flexibility index (Phi) is 10.3. The third kappa shape index (κ3) is 8.57. The Labute approximate surface area is 257 Å². The van der Waals surface area contributed by atoms with Crippen molar-refractivity contribution in [3.05, 3.63) is 47.7 Å². The topological polar surface area (TPSA) is 142 Å². The van der Waals surface area contributed by atoms with Gasteiger partial charge in [0.25, 0.3) is 5.91 Å². The van der Waals surface area contributed by atoms with E-state index in [4.69, 9.17) is 14.2 Å². The molecule has 1 aromatic carbocycles. The van der Waals surface area contributed by atoms with E-state index in [1.165, 1.54) is 41.5 Å². The zero-order chi connectivity index (χ0) is 33.9. The zero-order valence-corrected chi connectivity index (χ0v) is 26.0. The maximum atomic E-state index is 16.1. The summed E-state index contributed by atoms with van der Waals surface area (Å²) in [4.78, 5) is 51.1. The Hall–Kier alpha value is -4.50. The van der Waals surface area contributed by atoms with Crippen LogP contribution in [0.25, 0.3) is 0 Å². The van der Waals surface area contributed by atoms with E-state index in [0.29, 0.717) is 0 Å². The molecule has 0 saturated carbocycles. The van der Waals surface area contributed by atoms with Gasteiger partial charge >= 0.3 is 18.2 Å². The summed E-state index contributed by atoms with van der Waals surface area (Å²) in [5.41, 5.74) is -5.34.